The highest BCUT2D eigenvalue weighted by Gasteiger charge is 2.51. The molecule has 4 aromatic rings. The van der Waals surface area contributed by atoms with E-state index in [9.17, 15) is 24.0 Å². The van der Waals surface area contributed by atoms with Crippen molar-refractivity contribution in [3.8, 4) is 5.75 Å². The molecule has 2 bridgehead atoms. The van der Waals surface area contributed by atoms with Crippen molar-refractivity contribution in [2.45, 2.75) is 56.3 Å². The molecule has 1 aliphatic carbocycles. The number of hydrogen-bond acceptors (Lipinski definition) is 8. The Balaban J connectivity index is 1.24. The van der Waals surface area contributed by atoms with Crippen molar-refractivity contribution in [1.29, 1.82) is 0 Å². The van der Waals surface area contributed by atoms with Gasteiger partial charge in [0.25, 0.3) is 5.91 Å². The SMILES string of the molecule is C[C@@H]1NC(=O)[C@@H](NC(=O)c2cnc3ccccc3n2)Cc2ccc(cc2)OCCNC(=O)C2(CC2)NC(=O)[C@@H](Cc2ccccc2)NC1=O. The molecule has 2 aliphatic heterocycles. The van der Waals surface area contributed by atoms with E-state index in [4.69, 9.17) is 4.74 Å². The quantitative estimate of drug-likeness (QED) is 0.203. The molecule has 3 aliphatic rings. The van der Waals surface area contributed by atoms with Gasteiger partial charge in [0.05, 0.1) is 23.8 Å². The lowest BCUT2D eigenvalue weighted by Crippen LogP contribution is -2.59. The topological polar surface area (TPSA) is 181 Å². The van der Waals surface area contributed by atoms with Crippen molar-refractivity contribution < 1.29 is 28.7 Å². The molecule has 0 unspecified atom stereocenters. The summed E-state index contributed by atoms with van der Waals surface area (Å²) in [5.41, 5.74) is 1.62. The highest BCUT2D eigenvalue weighted by Crippen LogP contribution is 2.35. The van der Waals surface area contributed by atoms with Crippen LogP contribution >= 0.6 is 0 Å². The highest BCUT2D eigenvalue weighted by atomic mass is 16.5. The minimum absolute atomic E-state index is 0.0303. The maximum Gasteiger partial charge on any atom is 0.272 e. The molecule has 252 valence electrons. The van der Waals surface area contributed by atoms with Crippen LogP contribution in [0, 0.1) is 0 Å². The summed E-state index contributed by atoms with van der Waals surface area (Å²) in [6.07, 6.45) is 2.51. The van der Waals surface area contributed by atoms with Crippen LogP contribution in [0.1, 0.15) is 41.4 Å². The lowest BCUT2D eigenvalue weighted by atomic mass is 10.0. The Bertz CT molecular complexity index is 1860. The number of nitrogens with zero attached hydrogens (tertiary/aromatic N) is 2. The average molecular weight is 664 g/mol. The number of aromatic nitrogens is 2. The number of amides is 5. The van der Waals surface area contributed by atoms with Gasteiger partial charge in [0.2, 0.25) is 23.6 Å². The molecule has 13 heteroatoms. The summed E-state index contributed by atoms with van der Waals surface area (Å²) in [5.74, 6) is -2.12. The fourth-order valence-electron chi connectivity index (χ4n) is 5.56. The van der Waals surface area contributed by atoms with Gasteiger partial charge in [0.15, 0.2) is 0 Å². The van der Waals surface area contributed by atoms with Gasteiger partial charge >= 0.3 is 0 Å². The molecule has 5 N–H and O–H groups in total. The van der Waals surface area contributed by atoms with Gasteiger partial charge in [-0.15, -0.1) is 0 Å². The number of ether oxygens (including phenoxy) is 1. The van der Waals surface area contributed by atoms with Crippen molar-refractivity contribution in [3.63, 3.8) is 0 Å². The number of rotatable bonds is 4. The fourth-order valence-corrected chi connectivity index (χ4v) is 5.56. The zero-order valence-electron chi connectivity index (χ0n) is 26.9. The van der Waals surface area contributed by atoms with Crippen LogP contribution in [-0.2, 0) is 32.0 Å². The van der Waals surface area contributed by atoms with Crippen molar-refractivity contribution in [2.24, 2.45) is 0 Å². The monoisotopic (exact) mass is 663 g/mol. The number of carbonyl (C=O) groups excluding carboxylic acids is 5. The van der Waals surface area contributed by atoms with Gasteiger partial charge in [-0.2, -0.15) is 0 Å². The summed E-state index contributed by atoms with van der Waals surface area (Å²) in [5, 5.41) is 13.9. The Hall–Kier alpha value is -5.85. The zero-order chi connectivity index (χ0) is 34.4. The molecular weight excluding hydrogens is 626 g/mol. The molecular formula is C36H37N7O6. The van der Waals surface area contributed by atoms with E-state index < -0.39 is 47.3 Å². The smallest absolute Gasteiger partial charge is 0.272 e. The van der Waals surface area contributed by atoms with Gasteiger partial charge in [-0.05, 0) is 55.2 Å². The normalized spacial score (nSPS) is 21.4. The molecule has 1 saturated carbocycles. The molecule has 1 aromatic heterocycles. The average Bonchev–Trinajstić information content (AvgIpc) is 3.90. The molecule has 1 fully saturated rings. The van der Waals surface area contributed by atoms with Gasteiger partial charge in [-0.25, -0.2) is 4.98 Å². The van der Waals surface area contributed by atoms with Gasteiger partial charge in [-0.1, -0.05) is 54.6 Å². The molecule has 49 heavy (non-hydrogen) atoms. The number of nitrogens with one attached hydrogen (secondary N) is 5. The predicted octanol–water partition coefficient (Wildman–Crippen LogP) is 1.36. The van der Waals surface area contributed by atoms with Crippen LogP contribution in [0.5, 0.6) is 5.75 Å². The first-order chi connectivity index (χ1) is 23.7. The first-order valence-corrected chi connectivity index (χ1v) is 16.2. The fraction of sp³-hybridized carbons (Fsp3) is 0.306. The first-order valence-electron chi connectivity index (χ1n) is 16.2. The molecule has 13 nitrogen and oxygen atoms in total. The van der Waals surface area contributed by atoms with Crippen LogP contribution in [-0.4, -0.2) is 76.3 Å². The van der Waals surface area contributed by atoms with Crippen LogP contribution in [0.25, 0.3) is 11.0 Å². The van der Waals surface area contributed by atoms with Crippen molar-refractivity contribution >= 4 is 40.6 Å². The lowest BCUT2D eigenvalue weighted by Gasteiger charge is -2.25. The molecule has 3 heterocycles. The number of hydrogen-bond donors (Lipinski definition) is 5. The zero-order valence-corrected chi connectivity index (χ0v) is 26.9. The van der Waals surface area contributed by atoms with Crippen molar-refractivity contribution in [2.75, 3.05) is 13.2 Å². The van der Waals surface area contributed by atoms with Gasteiger partial charge in [-0.3, -0.25) is 29.0 Å². The minimum Gasteiger partial charge on any atom is -0.492 e. The van der Waals surface area contributed by atoms with E-state index in [1.54, 1.807) is 42.5 Å². The second-order valence-electron chi connectivity index (χ2n) is 12.3. The highest BCUT2D eigenvalue weighted by molar-refractivity contribution is 5.99. The summed E-state index contributed by atoms with van der Waals surface area (Å²) >= 11 is 0. The molecule has 0 saturated heterocycles. The standard InChI is InChI=1S/C36H37N7O6/c1-22-31(44)41-29(19-23-7-3-2-4-8-23)34(47)43-36(15-16-36)35(48)37-17-18-49-25-13-11-24(12-14-25)20-28(32(45)39-22)42-33(46)30-21-38-26-9-5-6-10-27(26)40-30/h2-14,21-22,28-29H,15-20H2,1H3,(H,37,48)(H,39,45)(H,41,44)(H,42,46)(H,43,47)/t22-,28-,29+/m0/s1. The van der Waals surface area contributed by atoms with E-state index in [-0.39, 0.29) is 37.6 Å². The molecule has 3 atom stereocenters. The van der Waals surface area contributed by atoms with Gasteiger partial charge < -0.3 is 31.3 Å². The number of fused-ring (bicyclic) bond motifs is 16. The Kier molecular flexibility index (Phi) is 9.79. The van der Waals surface area contributed by atoms with Crippen LogP contribution in [0.3, 0.4) is 0 Å². The van der Waals surface area contributed by atoms with Crippen molar-refractivity contribution in [1.82, 2.24) is 36.6 Å². The van der Waals surface area contributed by atoms with Crippen LogP contribution in [0.4, 0.5) is 0 Å². The minimum atomic E-state index is -1.10. The van der Waals surface area contributed by atoms with Gasteiger partial charge in [0, 0.05) is 12.8 Å². The number of para-hydroxylation sites is 2. The van der Waals surface area contributed by atoms with Crippen LogP contribution < -0.4 is 31.3 Å². The third-order valence-corrected chi connectivity index (χ3v) is 8.54. The summed E-state index contributed by atoms with van der Waals surface area (Å²) in [7, 11) is 0. The van der Waals surface area contributed by atoms with E-state index in [1.165, 1.54) is 13.1 Å². The Morgan fingerprint density at radius 3 is 2.33 bits per heavy atom. The lowest BCUT2D eigenvalue weighted by molar-refractivity contribution is -0.134. The summed E-state index contributed by atoms with van der Waals surface area (Å²) in [4.78, 5) is 75.9. The Morgan fingerprint density at radius 2 is 1.59 bits per heavy atom. The van der Waals surface area contributed by atoms with E-state index in [0.29, 0.717) is 35.2 Å². The molecule has 3 aromatic carbocycles. The van der Waals surface area contributed by atoms with Gasteiger partial charge in [0.1, 0.15) is 41.7 Å². The Morgan fingerprint density at radius 1 is 0.878 bits per heavy atom. The van der Waals surface area contributed by atoms with E-state index in [1.807, 2.05) is 36.4 Å². The third-order valence-electron chi connectivity index (χ3n) is 8.54. The number of benzene rings is 3. The van der Waals surface area contributed by atoms with Crippen LogP contribution in [0.15, 0.2) is 85.1 Å². The summed E-state index contributed by atoms with van der Waals surface area (Å²) < 4.78 is 5.80. The Labute approximate surface area is 282 Å². The molecule has 1 spiro atoms. The maximum atomic E-state index is 13.7. The summed E-state index contributed by atoms with van der Waals surface area (Å²) in [6, 6.07) is 20.1. The van der Waals surface area contributed by atoms with Crippen LogP contribution in [0.2, 0.25) is 0 Å². The molecule has 0 radical (unpaired) electrons. The summed E-state index contributed by atoms with van der Waals surface area (Å²) in [6.45, 7) is 1.89. The molecule has 5 amide bonds. The second kappa shape index (κ2) is 14.5. The largest absolute Gasteiger partial charge is 0.492 e. The number of carbonyl (C=O) groups is 5. The third kappa shape index (κ3) is 8.18. The van der Waals surface area contributed by atoms with Crippen molar-refractivity contribution in [3.05, 3.63) is 102 Å². The van der Waals surface area contributed by atoms with E-state index >= 15 is 0 Å². The van der Waals surface area contributed by atoms with E-state index in [2.05, 4.69) is 36.6 Å². The second-order valence-corrected chi connectivity index (χ2v) is 12.3. The predicted molar refractivity (Wildman–Crippen MR) is 179 cm³/mol. The van der Waals surface area contributed by atoms with E-state index in [0.717, 1.165) is 5.56 Å². The molecule has 7 rings (SSSR count). The maximum absolute atomic E-state index is 13.7. The first kappa shape index (κ1) is 33.1.